The molecule has 0 fully saturated rings. The SMILES string of the molecule is COc1ccc(-c2cnc(NC(C)C)nc2)cc1F. The van der Waals surface area contributed by atoms with Gasteiger partial charge in [0.25, 0.3) is 0 Å². The normalized spacial score (nSPS) is 10.6. The molecule has 0 saturated heterocycles. The van der Waals surface area contributed by atoms with Gasteiger partial charge in [-0.1, -0.05) is 6.07 Å². The van der Waals surface area contributed by atoms with Crippen LogP contribution in [0, 0.1) is 5.82 Å². The molecule has 0 unspecified atom stereocenters. The summed E-state index contributed by atoms with van der Waals surface area (Å²) in [4.78, 5) is 8.38. The molecule has 1 N–H and O–H groups in total. The average Bonchev–Trinajstić information content (AvgIpc) is 2.39. The highest BCUT2D eigenvalue weighted by atomic mass is 19.1. The number of ether oxygens (including phenoxy) is 1. The summed E-state index contributed by atoms with van der Waals surface area (Å²) in [5.74, 6) is 0.389. The Bertz CT molecular complexity index is 555. The lowest BCUT2D eigenvalue weighted by atomic mass is 10.1. The Hall–Kier alpha value is -2.17. The minimum absolute atomic E-state index is 0.225. The number of benzene rings is 1. The van der Waals surface area contributed by atoms with Crippen molar-refractivity contribution in [2.45, 2.75) is 19.9 Å². The number of nitrogens with zero attached hydrogens (tertiary/aromatic N) is 2. The fourth-order valence-corrected chi connectivity index (χ4v) is 1.66. The minimum Gasteiger partial charge on any atom is -0.494 e. The van der Waals surface area contributed by atoms with Crippen molar-refractivity contribution < 1.29 is 9.13 Å². The van der Waals surface area contributed by atoms with Gasteiger partial charge in [-0.15, -0.1) is 0 Å². The smallest absolute Gasteiger partial charge is 0.222 e. The van der Waals surface area contributed by atoms with Crippen molar-refractivity contribution in [2.24, 2.45) is 0 Å². The first-order chi connectivity index (χ1) is 9.10. The van der Waals surface area contributed by atoms with Gasteiger partial charge in [-0.25, -0.2) is 14.4 Å². The van der Waals surface area contributed by atoms with Gasteiger partial charge >= 0.3 is 0 Å². The zero-order valence-electron chi connectivity index (χ0n) is 11.1. The van der Waals surface area contributed by atoms with Crippen LogP contribution in [0.4, 0.5) is 10.3 Å². The lowest BCUT2D eigenvalue weighted by Crippen LogP contribution is -2.12. The third kappa shape index (κ3) is 3.19. The maximum absolute atomic E-state index is 13.6. The molecule has 19 heavy (non-hydrogen) atoms. The Morgan fingerprint density at radius 2 is 1.84 bits per heavy atom. The molecule has 1 aromatic carbocycles. The third-order valence-corrected chi connectivity index (χ3v) is 2.55. The van der Waals surface area contributed by atoms with Crippen molar-refractivity contribution in [1.29, 1.82) is 0 Å². The monoisotopic (exact) mass is 261 g/mol. The molecule has 4 nitrogen and oxygen atoms in total. The topological polar surface area (TPSA) is 47.0 Å². The summed E-state index contributed by atoms with van der Waals surface area (Å²) in [5.41, 5.74) is 1.48. The summed E-state index contributed by atoms with van der Waals surface area (Å²) in [6.45, 7) is 4.02. The lowest BCUT2D eigenvalue weighted by molar-refractivity contribution is 0.386. The molecular weight excluding hydrogens is 245 g/mol. The van der Waals surface area contributed by atoms with E-state index < -0.39 is 5.82 Å². The van der Waals surface area contributed by atoms with Gasteiger partial charge in [-0.2, -0.15) is 0 Å². The van der Waals surface area contributed by atoms with Gasteiger partial charge in [0, 0.05) is 24.0 Å². The van der Waals surface area contributed by atoms with E-state index in [9.17, 15) is 4.39 Å². The predicted octanol–water partition coefficient (Wildman–Crippen LogP) is 3.11. The summed E-state index contributed by atoms with van der Waals surface area (Å²) < 4.78 is 18.5. The Balaban J connectivity index is 2.24. The number of rotatable bonds is 4. The van der Waals surface area contributed by atoms with E-state index in [0.717, 1.165) is 11.1 Å². The highest BCUT2D eigenvalue weighted by Gasteiger charge is 2.06. The first-order valence-electron chi connectivity index (χ1n) is 6.02. The first-order valence-corrected chi connectivity index (χ1v) is 6.02. The molecule has 0 radical (unpaired) electrons. The van der Waals surface area contributed by atoms with Gasteiger partial charge in [0.1, 0.15) is 0 Å². The largest absolute Gasteiger partial charge is 0.494 e. The van der Waals surface area contributed by atoms with Crippen LogP contribution in [-0.4, -0.2) is 23.1 Å². The quantitative estimate of drug-likeness (QED) is 0.918. The fraction of sp³-hybridized carbons (Fsp3) is 0.286. The molecule has 0 atom stereocenters. The van der Waals surface area contributed by atoms with Gasteiger partial charge in [-0.3, -0.25) is 0 Å². The molecule has 0 aliphatic heterocycles. The molecule has 0 spiro atoms. The zero-order valence-corrected chi connectivity index (χ0v) is 11.1. The van der Waals surface area contributed by atoms with Crippen LogP contribution >= 0.6 is 0 Å². The second kappa shape index (κ2) is 5.65. The Labute approximate surface area is 111 Å². The van der Waals surface area contributed by atoms with Gasteiger partial charge in [0.15, 0.2) is 11.6 Å². The van der Waals surface area contributed by atoms with E-state index in [2.05, 4.69) is 15.3 Å². The standard InChI is InChI=1S/C14H16FN3O/c1-9(2)18-14-16-7-11(8-17-14)10-4-5-13(19-3)12(15)6-10/h4-9H,1-3H3,(H,16,17,18). The van der Waals surface area contributed by atoms with E-state index in [4.69, 9.17) is 4.74 Å². The molecule has 0 aliphatic carbocycles. The van der Waals surface area contributed by atoms with Crippen molar-refractivity contribution in [3.63, 3.8) is 0 Å². The first kappa shape index (κ1) is 13.3. The summed E-state index contributed by atoms with van der Waals surface area (Å²) in [6.07, 6.45) is 3.33. The van der Waals surface area contributed by atoms with Gasteiger partial charge in [-0.05, 0) is 31.5 Å². The van der Waals surface area contributed by atoms with Gasteiger partial charge in [0.2, 0.25) is 5.95 Å². The van der Waals surface area contributed by atoms with Crippen molar-refractivity contribution in [3.05, 3.63) is 36.4 Å². The van der Waals surface area contributed by atoms with Crippen LogP contribution in [0.2, 0.25) is 0 Å². The van der Waals surface area contributed by atoms with Crippen LogP contribution in [0.5, 0.6) is 5.75 Å². The molecule has 100 valence electrons. The minimum atomic E-state index is -0.399. The highest BCUT2D eigenvalue weighted by Crippen LogP contribution is 2.24. The van der Waals surface area contributed by atoms with E-state index in [1.807, 2.05) is 13.8 Å². The fourth-order valence-electron chi connectivity index (χ4n) is 1.66. The number of nitrogens with one attached hydrogen (secondary N) is 1. The van der Waals surface area contributed by atoms with Crippen LogP contribution in [0.15, 0.2) is 30.6 Å². The third-order valence-electron chi connectivity index (χ3n) is 2.55. The number of halogens is 1. The summed E-state index contributed by atoms with van der Waals surface area (Å²) in [5, 5.41) is 3.10. The second-order valence-corrected chi connectivity index (χ2v) is 4.44. The number of methoxy groups -OCH3 is 1. The molecule has 2 aromatic rings. The summed E-state index contributed by atoms with van der Waals surface area (Å²) >= 11 is 0. The summed E-state index contributed by atoms with van der Waals surface area (Å²) in [6, 6.07) is 5.04. The molecule has 0 bridgehead atoms. The maximum Gasteiger partial charge on any atom is 0.222 e. The van der Waals surface area contributed by atoms with Crippen LogP contribution in [-0.2, 0) is 0 Å². The highest BCUT2D eigenvalue weighted by molar-refractivity contribution is 5.63. The molecule has 2 rings (SSSR count). The Morgan fingerprint density at radius 1 is 1.16 bits per heavy atom. The van der Waals surface area contributed by atoms with Crippen molar-refractivity contribution in [3.8, 4) is 16.9 Å². The zero-order chi connectivity index (χ0) is 13.8. The number of hydrogen-bond donors (Lipinski definition) is 1. The van der Waals surface area contributed by atoms with Crippen LogP contribution in [0.25, 0.3) is 11.1 Å². The van der Waals surface area contributed by atoms with E-state index in [0.29, 0.717) is 5.95 Å². The van der Waals surface area contributed by atoms with Crippen molar-refractivity contribution in [2.75, 3.05) is 12.4 Å². The number of hydrogen-bond acceptors (Lipinski definition) is 4. The van der Waals surface area contributed by atoms with Crippen LogP contribution in [0.3, 0.4) is 0 Å². The van der Waals surface area contributed by atoms with Crippen LogP contribution < -0.4 is 10.1 Å². The van der Waals surface area contributed by atoms with Gasteiger partial charge in [0.05, 0.1) is 7.11 Å². The molecule has 0 saturated carbocycles. The predicted molar refractivity (Wildman–Crippen MR) is 72.7 cm³/mol. The van der Waals surface area contributed by atoms with Crippen LogP contribution in [0.1, 0.15) is 13.8 Å². The number of anilines is 1. The molecule has 0 amide bonds. The second-order valence-electron chi connectivity index (χ2n) is 4.44. The maximum atomic E-state index is 13.6. The lowest BCUT2D eigenvalue weighted by Gasteiger charge is -2.08. The molecule has 1 aromatic heterocycles. The molecular formula is C14H16FN3O. The van der Waals surface area contributed by atoms with E-state index in [-0.39, 0.29) is 11.8 Å². The van der Waals surface area contributed by atoms with E-state index in [1.165, 1.54) is 13.2 Å². The van der Waals surface area contributed by atoms with E-state index >= 15 is 0 Å². The molecule has 0 aliphatic rings. The Kier molecular flexibility index (Phi) is 3.94. The summed E-state index contributed by atoms with van der Waals surface area (Å²) in [7, 11) is 1.44. The molecule has 1 heterocycles. The average molecular weight is 261 g/mol. The van der Waals surface area contributed by atoms with E-state index in [1.54, 1.807) is 24.5 Å². The van der Waals surface area contributed by atoms with Gasteiger partial charge < -0.3 is 10.1 Å². The van der Waals surface area contributed by atoms with Crippen molar-refractivity contribution in [1.82, 2.24) is 9.97 Å². The Morgan fingerprint density at radius 3 is 2.37 bits per heavy atom. The molecule has 5 heteroatoms. The van der Waals surface area contributed by atoms with Crippen molar-refractivity contribution >= 4 is 5.95 Å². The number of aromatic nitrogens is 2.